The summed E-state index contributed by atoms with van der Waals surface area (Å²) in [5.74, 6) is 6.59. The second-order valence-corrected chi connectivity index (χ2v) is 10.1. The lowest BCUT2D eigenvalue weighted by Gasteiger charge is -2.16. The Morgan fingerprint density at radius 3 is 2.05 bits per heavy atom. The summed E-state index contributed by atoms with van der Waals surface area (Å²) in [5, 5.41) is 29.8. The lowest BCUT2D eigenvalue weighted by atomic mass is 10.0. The van der Waals surface area contributed by atoms with Gasteiger partial charge >= 0.3 is 0 Å². The fourth-order valence-corrected chi connectivity index (χ4v) is 4.84. The Balaban J connectivity index is 1.36. The van der Waals surface area contributed by atoms with E-state index in [9.17, 15) is 15.3 Å². The van der Waals surface area contributed by atoms with E-state index in [1.807, 2.05) is 0 Å². The van der Waals surface area contributed by atoms with Gasteiger partial charge in [-0.15, -0.1) is 0 Å². The molecule has 1 aliphatic heterocycles. The Hall–Kier alpha value is -2.25. The maximum atomic E-state index is 10.4. The van der Waals surface area contributed by atoms with Gasteiger partial charge in [-0.25, -0.2) is 15.0 Å². The molecule has 3 heterocycles. The van der Waals surface area contributed by atoms with Gasteiger partial charge in [-0.3, -0.25) is 4.57 Å². The van der Waals surface area contributed by atoms with Crippen LogP contribution in [-0.4, -0.2) is 59.8 Å². The molecule has 0 saturated carbocycles. The van der Waals surface area contributed by atoms with Crippen LogP contribution in [0.5, 0.6) is 0 Å². The zero-order valence-electron chi connectivity index (χ0n) is 22.3. The Morgan fingerprint density at radius 2 is 1.49 bits per heavy atom. The first kappa shape index (κ1) is 29.3. The van der Waals surface area contributed by atoms with Gasteiger partial charge in [-0.05, 0) is 12.3 Å². The van der Waals surface area contributed by atoms with Crippen LogP contribution in [0.3, 0.4) is 0 Å². The highest BCUT2D eigenvalue weighted by Gasteiger charge is 2.44. The summed E-state index contributed by atoms with van der Waals surface area (Å²) in [5.41, 5.74) is 6.79. The predicted octanol–water partition coefficient (Wildman–Crippen LogP) is 4.24. The van der Waals surface area contributed by atoms with Gasteiger partial charge in [0.15, 0.2) is 17.7 Å². The standard InChI is InChI=1S/C28H45N5O4/c1-2-3-4-5-6-7-8-9-10-11-12-13-14-15-16-17-18-22-31-26(29)23-27(32-22)33(20-30-23)28-25(36)24(35)21(19-34)37-28/h20-21,24-25,28,34-36H,2-16,19H2,1H3,(H2,29,31,32)/t21-,24-,25-,28-/m1/s1. The summed E-state index contributed by atoms with van der Waals surface area (Å²) < 4.78 is 7.09. The number of hydrogen-bond acceptors (Lipinski definition) is 8. The highest BCUT2D eigenvalue weighted by Crippen LogP contribution is 2.31. The van der Waals surface area contributed by atoms with Gasteiger partial charge < -0.3 is 25.8 Å². The molecule has 2 aromatic heterocycles. The molecule has 206 valence electrons. The van der Waals surface area contributed by atoms with Crippen LogP contribution in [0.25, 0.3) is 11.2 Å². The van der Waals surface area contributed by atoms with Crippen molar-refractivity contribution in [2.75, 3.05) is 12.3 Å². The van der Waals surface area contributed by atoms with Crippen LogP contribution in [0.15, 0.2) is 6.33 Å². The number of aliphatic hydroxyl groups excluding tert-OH is 3. The van der Waals surface area contributed by atoms with Crippen molar-refractivity contribution in [3.8, 4) is 11.8 Å². The van der Waals surface area contributed by atoms with Gasteiger partial charge in [0.05, 0.1) is 12.9 Å². The SMILES string of the molecule is CCCCCCCCCCCCCCCCC#Cc1nc(N)c2ncn([C@@H]3O[C@H](CO)[C@@H](O)[C@H]3O)c2n1. The molecule has 9 heteroatoms. The number of aromatic nitrogens is 4. The van der Waals surface area contributed by atoms with Crippen LogP contribution in [0.1, 0.15) is 115 Å². The van der Waals surface area contributed by atoms with Crippen molar-refractivity contribution < 1.29 is 20.1 Å². The number of ether oxygens (including phenoxy) is 1. The molecule has 37 heavy (non-hydrogen) atoms. The van der Waals surface area contributed by atoms with Crippen LogP contribution in [0, 0.1) is 11.8 Å². The van der Waals surface area contributed by atoms with Crippen LogP contribution in [0.2, 0.25) is 0 Å². The van der Waals surface area contributed by atoms with E-state index in [4.69, 9.17) is 10.5 Å². The quantitative estimate of drug-likeness (QED) is 0.192. The summed E-state index contributed by atoms with van der Waals surface area (Å²) in [6, 6.07) is 0. The number of nitrogen functional groups attached to an aromatic ring is 1. The maximum Gasteiger partial charge on any atom is 0.208 e. The van der Waals surface area contributed by atoms with Gasteiger partial charge in [0.25, 0.3) is 0 Å². The minimum absolute atomic E-state index is 0.191. The molecule has 0 bridgehead atoms. The van der Waals surface area contributed by atoms with Gasteiger partial charge in [0.2, 0.25) is 5.82 Å². The normalized spacial score (nSPS) is 21.4. The van der Waals surface area contributed by atoms with E-state index in [0.29, 0.717) is 11.2 Å². The number of nitrogens with two attached hydrogens (primary N) is 1. The van der Waals surface area contributed by atoms with Crippen molar-refractivity contribution in [1.82, 2.24) is 19.5 Å². The minimum atomic E-state index is -1.24. The lowest BCUT2D eigenvalue weighted by molar-refractivity contribution is -0.0511. The lowest BCUT2D eigenvalue weighted by Crippen LogP contribution is -2.33. The monoisotopic (exact) mass is 515 g/mol. The predicted molar refractivity (Wildman–Crippen MR) is 145 cm³/mol. The van der Waals surface area contributed by atoms with E-state index in [1.165, 1.54) is 94.4 Å². The maximum absolute atomic E-state index is 10.4. The Bertz CT molecular complexity index is 1000. The number of unbranched alkanes of at least 4 members (excludes halogenated alkanes) is 14. The summed E-state index contributed by atoms with van der Waals surface area (Å²) in [6.45, 7) is 1.86. The molecule has 1 saturated heterocycles. The van der Waals surface area contributed by atoms with E-state index in [1.54, 1.807) is 0 Å². The van der Waals surface area contributed by atoms with Crippen LogP contribution in [-0.2, 0) is 4.74 Å². The third kappa shape index (κ3) is 8.64. The van der Waals surface area contributed by atoms with E-state index in [2.05, 4.69) is 33.7 Å². The first-order chi connectivity index (χ1) is 18.1. The molecule has 9 nitrogen and oxygen atoms in total. The average Bonchev–Trinajstić information content (AvgIpc) is 3.44. The largest absolute Gasteiger partial charge is 0.394 e. The van der Waals surface area contributed by atoms with Gasteiger partial charge in [-0.2, -0.15) is 0 Å². The molecule has 1 fully saturated rings. The first-order valence-electron chi connectivity index (χ1n) is 14.2. The Labute approximate surface area is 220 Å². The summed E-state index contributed by atoms with van der Waals surface area (Å²) in [7, 11) is 0. The van der Waals surface area contributed by atoms with E-state index >= 15 is 0 Å². The summed E-state index contributed by atoms with van der Waals surface area (Å²) in [6.07, 6.45) is 16.5. The highest BCUT2D eigenvalue weighted by molar-refractivity contribution is 5.82. The number of imidazole rings is 1. The smallest absolute Gasteiger partial charge is 0.208 e. The van der Waals surface area contributed by atoms with Gasteiger partial charge in [0.1, 0.15) is 23.8 Å². The van der Waals surface area contributed by atoms with E-state index in [0.717, 1.165) is 12.8 Å². The van der Waals surface area contributed by atoms with Gasteiger partial charge in [0, 0.05) is 6.42 Å². The minimum Gasteiger partial charge on any atom is -0.394 e. The molecule has 2 aromatic rings. The number of aliphatic hydroxyl groups is 3. The molecule has 5 N–H and O–H groups in total. The zero-order valence-corrected chi connectivity index (χ0v) is 22.3. The second-order valence-electron chi connectivity index (χ2n) is 10.1. The number of rotatable bonds is 16. The van der Waals surface area contributed by atoms with Crippen LogP contribution in [0.4, 0.5) is 5.82 Å². The Kier molecular flexibility index (Phi) is 12.6. The molecule has 1 aliphatic rings. The molecule has 0 spiro atoms. The average molecular weight is 516 g/mol. The van der Waals surface area contributed by atoms with Crippen molar-refractivity contribution in [2.45, 2.75) is 128 Å². The van der Waals surface area contributed by atoms with Gasteiger partial charge in [-0.1, -0.05) is 96.3 Å². The fraction of sp³-hybridized carbons (Fsp3) is 0.750. The topological polar surface area (TPSA) is 140 Å². The number of hydrogen-bond donors (Lipinski definition) is 4. The molecule has 0 aliphatic carbocycles. The summed E-state index contributed by atoms with van der Waals surface area (Å²) >= 11 is 0. The first-order valence-corrected chi connectivity index (χ1v) is 14.2. The van der Waals surface area contributed by atoms with Crippen LogP contribution >= 0.6 is 0 Å². The van der Waals surface area contributed by atoms with Crippen molar-refractivity contribution in [3.63, 3.8) is 0 Å². The third-order valence-electron chi connectivity index (χ3n) is 7.10. The molecule has 0 amide bonds. The third-order valence-corrected chi connectivity index (χ3v) is 7.10. The molecular weight excluding hydrogens is 470 g/mol. The summed E-state index contributed by atoms with van der Waals surface area (Å²) in [4.78, 5) is 12.9. The fourth-order valence-electron chi connectivity index (χ4n) is 4.84. The van der Waals surface area contributed by atoms with Crippen LogP contribution < -0.4 is 5.73 Å². The number of anilines is 1. The second kappa shape index (κ2) is 15.9. The molecule has 0 unspecified atom stereocenters. The van der Waals surface area contributed by atoms with Crippen molar-refractivity contribution in [3.05, 3.63) is 12.2 Å². The molecular formula is C28H45N5O4. The zero-order chi connectivity index (χ0) is 26.5. The molecule has 0 radical (unpaired) electrons. The Morgan fingerprint density at radius 1 is 0.892 bits per heavy atom. The molecule has 3 rings (SSSR count). The van der Waals surface area contributed by atoms with E-state index in [-0.39, 0.29) is 11.6 Å². The molecule has 4 atom stereocenters. The number of nitrogens with zero attached hydrogens (tertiary/aromatic N) is 4. The van der Waals surface area contributed by atoms with Crippen molar-refractivity contribution in [1.29, 1.82) is 0 Å². The number of fused-ring (bicyclic) bond motifs is 1. The van der Waals surface area contributed by atoms with Crippen molar-refractivity contribution >= 4 is 17.0 Å². The van der Waals surface area contributed by atoms with E-state index < -0.39 is 31.1 Å². The van der Waals surface area contributed by atoms with Crippen molar-refractivity contribution in [2.24, 2.45) is 0 Å². The highest BCUT2D eigenvalue weighted by atomic mass is 16.6. The molecule has 0 aromatic carbocycles.